The summed E-state index contributed by atoms with van der Waals surface area (Å²) in [4.78, 5) is 0. The molecule has 96 valence electrons. The summed E-state index contributed by atoms with van der Waals surface area (Å²) < 4.78 is 2.19. The lowest BCUT2D eigenvalue weighted by Crippen LogP contribution is -2.21. The summed E-state index contributed by atoms with van der Waals surface area (Å²) in [5, 5.41) is 3.57. The smallest absolute Gasteiger partial charge is 0.0359 e. The molecule has 0 atom stereocenters. The molecule has 2 rings (SSSR count). The van der Waals surface area contributed by atoms with Crippen molar-refractivity contribution < 1.29 is 0 Å². The van der Waals surface area contributed by atoms with Crippen molar-refractivity contribution in [3.8, 4) is 0 Å². The van der Waals surface area contributed by atoms with E-state index in [1.165, 1.54) is 44.3 Å². The van der Waals surface area contributed by atoms with Gasteiger partial charge in [-0.25, -0.2) is 0 Å². The molecule has 0 aromatic carbocycles. The number of nitrogens with one attached hydrogen (secondary N) is 1. The average molecular weight is 234 g/mol. The van der Waals surface area contributed by atoms with Gasteiger partial charge in [0.05, 0.1) is 0 Å². The van der Waals surface area contributed by atoms with Crippen LogP contribution in [0.4, 0.5) is 0 Å². The maximum Gasteiger partial charge on any atom is 0.0359 e. The molecule has 0 bridgehead atoms. The first kappa shape index (κ1) is 12.7. The summed E-state index contributed by atoms with van der Waals surface area (Å²) in [5.41, 5.74) is 1.38. The van der Waals surface area contributed by atoms with Crippen molar-refractivity contribution in [1.29, 1.82) is 0 Å². The summed E-state index contributed by atoms with van der Waals surface area (Å²) in [6.45, 7) is 4.57. The van der Waals surface area contributed by atoms with Gasteiger partial charge in [0.25, 0.3) is 0 Å². The molecule has 0 radical (unpaired) electrons. The van der Waals surface area contributed by atoms with Crippen LogP contribution in [0, 0.1) is 11.8 Å². The largest absolute Gasteiger partial charge is 0.353 e. The molecule has 0 unspecified atom stereocenters. The highest BCUT2D eigenvalue weighted by molar-refractivity contribution is 5.05. The molecule has 1 aliphatic rings. The fourth-order valence-electron chi connectivity index (χ4n) is 2.82. The van der Waals surface area contributed by atoms with Crippen LogP contribution in [0.25, 0.3) is 0 Å². The van der Waals surface area contributed by atoms with Gasteiger partial charge in [-0.05, 0) is 36.9 Å². The number of rotatable bonds is 5. The van der Waals surface area contributed by atoms with E-state index in [1.54, 1.807) is 0 Å². The van der Waals surface area contributed by atoms with Gasteiger partial charge in [-0.3, -0.25) is 0 Å². The number of aromatic nitrogens is 1. The Kier molecular flexibility index (Phi) is 4.66. The van der Waals surface area contributed by atoms with Crippen LogP contribution < -0.4 is 5.32 Å². The van der Waals surface area contributed by atoms with Gasteiger partial charge in [-0.2, -0.15) is 0 Å². The second-order valence-corrected chi connectivity index (χ2v) is 5.70. The van der Waals surface area contributed by atoms with E-state index in [0.717, 1.165) is 18.4 Å². The van der Waals surface area contributed by atoms with E-state index >= 15 is 0 Å². The molecule has 2 heteroatoms. The highest BCUT2D eigenvalue weighted by Gasteiger charge is 2.17. The third-order valence-corrected chi connectivity index (χ3v) is 4.22. The Morgan fingerprint density at radius 2 is 2.06 bits per heavy atom. The van der Waals surface area contributed by atoms with E-state index in [9.17, 15) is 0 Å². The van der Waals surface area contributed by atoms with E-state index in [4.69, 9.17) is 0 Å². The normalized spacial score (nSPS) is 25.1. The van der Waals surface area contributed by atoms with Crippen LogP contribution in [-0.2, 0) is 13.6 Å². The first-order valence-corrected chi connectivity index (χ1v) is 7.06. The van der Waals surface area contributed by atoms with Crippen LogP contribution in [0.3, 0.4) is 0 Å². The van der Waals surface area contributed by atoms with E-state index in [2.05, 4.69) is 42.2 Å². The molecule has 1 fully saturated rings. The minimum absolute atomic E-state index is 0.975. The van der Waals surface area contributed by atoms with Gasteiger partial charge in [-0.1, -0.05) is 32.6 Å². The molecule has 17 heavy (non-hydrogen) atoms. The molecule has 0 aliphatic heterocycles. The van der Waals surface area contributed by atoms with Gasteiger partial charge in [0.1, 0.15) is 0 Å². The molecule has 0 spiro atoms. The Labute approximate surface area is 105 Å². The summed E-state index contributed by atoms with van der Waals surface area (Å²) in [7, 11) is 2.11. The van der Waals surface area contributed by atoms with Crippen LogP contribution in [0.5, 0.6) is 0 Å². The third-order valence-electron chi connectivity index (χ3n) is 4.22. The summed E-state index contributed by atoms with van der Waals surface area (Å²) >= 11 is 0. The highest BCUT2D eigenvalue weighted by Crippen LogP contribution is 2.29. The molecule has 1 heterocycles. The predicted octanol–water partition coefficient (Wildman–Crippen LogP) is 3.33. The summed E-state index contributed by atoms with van der Waals surface area (Å²) in [5.74, 6) is 1.95. The van der Waals surface area contributed by atoms with Crippen molar-refractivity contribution in [2.24, 2.45) is 18.9 Å². The highest BCUT2D eigenvalue weighted by atomic mass is 15.0. The second-order valence-electron chi connectivity index (χ2n) is 5.70. The first-order valence-electron chi connectivity index (χ1n) is 7.06. The van der Waals surface area contributed by atoms with Gasteiger partial charge < -0.3 is 9.88 Å². The number of hydrogen-bond acceptors (Lipinski definition) is 1. The lowest BCUT2D eigenvalue weighted by atomic mass is 9.81. The topological polar surface area (TPSA) is 17.0 Å². The SMILES string of the molecule is CC1CCC(CCNCc2cccn2C)CC1. The van der Waals surface area contributed by atoms with Crippen LogP contribution in [0.15, 0.2) is 18.3 Å². The lowest BCUT2D eigenvalue weighted by Gasteiger charge is -2.26. The van der Waals surface area contributed by atoms with Crippen molar-refractivity contribution in [2.45, 2.75) is 45.6 Å². The van der Waals surface area contributed by atoms with Gasteiger partial charge in [0, 0.05) is 25.5 Å². The third kappa shape index (κ3) is 3.88. The molecular weight excluding hydrogens is 208 g/mol. The monoisotopic (exact) mass is 234 g/mol. The average Bonchev–Trinajstić information content (AvgIpc) is 2.73. The van der Waals surface area contributed by atoms with Crippen LogP contribution in [0.2, 0.25) is 0 Å². The number of hydrogen-bond donors (Lipinski definition) is 1. The lowest BCUT2D eigenvalue weighted by molar-refractivity contribution is 0.275. The van der Waals surface area contributed by atoms with Crippen molar-refractivity contribution in [3.05, 3.63) is 24.0 Å². The van der Waals surface area contributed by atoms with Crippen molar-refractivity contribution >= 4 is 0 Å². The van der Waals surface area contributed by atoms with E-state index in [-0.39, 0.29) is 0 Å². The van der Waals surface area contributed by atoms with E-state index < -0.39 is 0 Å². The summed E-state index contributed by atoms with van der Waals surface area (Å²) in [6, 6.07) is 4.30. The molecule has 1 N–H and O–H groups in total. The Bertz CT molecular complexity index is 321. The van der Waals surface area contributed by atoms with Crippen LogP contribution >= 0.6 is 0 Å². The van der Waals surface area contributed by atoms with Crippen molar-refractivity contribution in [1.82, 2.24) is 9.88 Å². The molecule has 2 nitrogen and oxygen atoms in total. The molecule has 1 aromatic rings. The Morgan fingerprint density at radius 1 is 1.29 bits per heavy atom. The molecule has 0 amide bonds. The standard InChI is InChI=1S/C15H26N2/c1-13-5-7-14(8-6-13)9-10-16-12-15-4-3-11-17(15)2/h3-4,11,13-14,16H,5-10,12H2,1-2H3. The molecule has 0 saturated heterocycles. The Balaban J connectivity index is 1.59. The molecular formula is C15H26N2. The number of aryl methyl sites for hydroxylation is 1. The summed E-state index contributed by atoms with van der Waals surface area (Å²) in [6.07, 6.45) is 9.27. The van der Waals surface area contributed by atoms with Gasteiger partial charge in [0.15, 0.2) is 0 Å². The van der Waals surface area contributed by atoms with Gasteiger partial charge in [-0.15, -0.1) is 0 Å². The zero-order valence-corrected chi connectivity index (χ0v) is 11.3. The fraction of sp³-hybridized carbons (Fsp3) is 0.733. The van der Waals surface area contributed by atoms with Gasteiger partial charge in [0.2, 0.25) is 0 Å². The van der Waals surface area contributed by atoms with Crippen molar-refractivity contribution in [3.63, 3.8) is 0 Å². The minimum atomic E-state index is 0.975. The zero-order chi connectivity index (χ0) is 12.1. The molecule has 1 aliphatic carbocycles. The quantitative estimate of drug-likeness (QED) is 0.773. The molecule has 1 saturated carbocycles. The predicted molar refractivity (Wildman–Crippen MR) is 72.9 cm³/mol. The Morgan fingerprint density at radius 3 is 2.71 bits per heavy atom. The Hall–Kier alpha value is -0.760. The van der Waals surface area contributed by atoms with E-state index in [1.807, 2.05) is 0 Å². The van der Waals surface area contributed by atoms with Crippen molar-refractivity contribution in [2.75, 3.05) is 6.54 Å². The molecule has 1 aromatic heterocycles. The maximum absolute atomic E-state index is 3.57. The number of nitrogens with zero attached hydrogens (tertiary/aromatic N) is 1. The fourth-order valence-corrected chi connectivity index (χ4v) is 2.82. The maximum atomic E-state index is 3.57. The van der Waals surface area contributed by atoms with Crippen LogP contribution in [-0.4, -0.2) is 11.1 Å². The zero-order valence-electron chi connectivity index (χ0n) is 11.3. The van der Waals surface area contributed by atoms with Gasteiger partial charge >= 0.3 is 0 Å². The second kappa shape index (κ2) is 6.25. The van der Waals surface area contributed by atoms with Crippen LogP contribution in [0.1, 0.15) is 44.7 Å². The minimum Gasteiger partial charge on any atom is -0.353 e. The van der Waals surface area contributed by atoms with E-state index in [0.29, 0.717) is 0 Å². The first-order chi connectivity index (χ1) is 8.25.